The van der Waals surface area contributed by atoms with Gasteiger partial charge in [-0.25, -0.2) is 0 Å². The number of para-hydroxylation sites is 1. The molecule has 0 spiro atoms. The summed E-state index contributed by atoms with van der Waals surface area (Å²) in [5.74, 6) is -0.733. The van der Waals surface area contributed by atoms with Gasteiger partial charge in [-0.2, -0.15) is 0 Å². The van der Waals surface area contributed by atoms with Crippen molar-refractivity contribution in [3.63, 3.8) is 0 Å². The minimum absolute atomic E-state index is 0.0719. The number of hydrogen-bond donors (Lipinski definition) is 0. The molecule has 2 atom stereocenters. The monoisotopic (exact) mass is 433 g/mol. The Morgan fingerprint density at radius 1 is 0.935 bits per heavy atom. The van der Waals surface area contributed by atoms with Gasteiger partial charge in [0.2, 0.25) is 6.54 Å². The maximum atomic E-state index is 14.2. The van der Waals surface area contributed by atoms with Crippen LogP contribution in [0.25, 0.3) is 0 Å². The van der Waals surface area contributed by atoms with E-state index in [1.54, 1.807) is 13.2 Å². The van der Waals surface area contributed by atoms with E-state index in [1.807, 2.05) is 92.0 Å². The molecule has 0 aliphatic heterocycles. The Bertz CT molecular complexity index is 1040. The molecule has 0 unspecified atom stereocenters. The van der Waals surface area contributed by atoms with Crippen LogP contribution in [0.5, 0.6) is 5.75 Å². The molecule has 0 aromatic heterocycles. The van der Waals surface area contributed by atoms with Crippen LogP contribution in [-0.2, 0) is 4.79 Å². The van der Waals surface area contributed by atoms with Crippen molar-refractivity contribution in [2.75, 3.05) is 13.7 Å². The highest BCUT2D eigenvalue weighted by atomic mass is 28.3. The number of hydrogen-bond acceptors (Lipinski definition) is 4. The predicted octanol–water partition coefficient (Wildman–Crippen LogP) is 4.56. The van der Waals surface area contributed by atoms with E-state index >= 15 is 0 Å². The standard InChI is InChI=1S/C25H27NO4Si/c1-30-23-17-11-10-16-21(23)22(18-26(28)29)24(19-12-6-4-7-13-19)25(27)31(2,3)20-14-8-5-9-15-20/h4-17,22,24H,18H2,1-3H3/t22-,24+/m0/s1. The molecule has 3 rings (SSSR count). The van der Waals surface area contributed by atoms with Gasteiger partial charge in [-0.05, 0) is 11.6 Å². The first-order valence-corrected chi connectivity index (χ1v) is 13.3. The first-order valence-electron chi connectivity index (χ1n) is 10.3. The number of nitrogens with zero attached hydrogens (tertiary/aromatic N) is 1. The second kappa shape index (κ2) is 9.70. The number of ether oxygens (including phenoxy) is 1. The topological polar surface area (TPSA) is 69.4 Å². The van der Waals surface area contributed by atoms with Crippen LogP contribution >= 0.6 is 0 Å². The van der Waals surface area contributed by atoms with E-state index in [9.17, 15) is 14.9 Å². The zero-order valence-corrected chi connectivity index (χ0v) is 19.0. The minimum atomic E-state index is -2.61. The Morgan fingerprint density at radius 2 is 1.48 bits per heavy atom. The minimum Gasteiger partial charge on any atom is -0.496 e. The van der Waals surface area contributed by atoms with Crippen LogP contribution in [0.1, 0.15) is 23.0 Å². The van der Waals surface area contributed by atoms with Crippen molar-refractivity contribution in [3.8, 4) is 5.75 Å². The second-order valence-corrected chi connectivity index (χ2v) is 12.4. The molecule has 31 heavy (non-hydrogen) atoms. The van der Waals surface area contributed by atoms with E-state index in [1.165, 1.54) is 0 Å². The number of nitro groups is 1. The summed E-state index contributed by atoms with van der Waals surface area (Å²) in [7, 11) is -1.06. The summed E-state index contributed by atoms with van der Waals surface area (Å²) in [4.78, 5) is 25.5. The van der Waals surface area contributed by atoms with Crippen LogP contribution in [0.4, 0.5) is 0 Å². The van der Waals surface area contributed by atoms with Gasteiger partial charge in [0, 0.05) is 10.5 Å². The van der Waals surface area contributed by atoms with Crippen molar-refractivity contribution in [2.24, 2.45) is 0 Å². The Balaban J connectivity index is 2.19. The first-order chi connectivity index (χ1) is 14.9. The summed E-state index contributed by atoms with van der Waals surface area (Å²) in [6, 6.07) is 26.4. The smallest absolute Gasteiger partial charge is 0.211 e. The molecule has 160 valence electrons. The predicted molar refractivity (Wildman–Crippen MR) is 125 cm³/mol. The number of carbonyl (C=O) groups is 1. The highest BCUT2D eigenvalue weighted by molar-refractivity contribution is 7.13. The largest absolute Gasteiger partial charge is 0.496 e. The zero-order valence-electron chi connectivity index (χ0n) is 18.0. The van der Waals surface area contributed by atoms with Crippen molar-refractivity contribution in [1.82, 2.24) is 0 Å². The van der Waals surface area contributed by atoms with Crippen LogP contribution < -0.4 is 9.92 Å². The summed E-state index contributed by atoms with van der Waals surface area (Å²) < 4.78 is 5.52. The van der Waals surface area contributed by atoms with E-state index in [0.29, 0.717) is 11.3 Å². The average Bonchev–Trinajstić information content (AvgIpc) is 2.79. The molecule has 0 radical (unpaired) electrons. The van der Waals surface area contributed by atoms with Gasteiger partial charge in [0.25, 0.3) is 0 Å². The molecule has 0 heterocycles. The number of rotatable bonds is 9. The lowest BCUT2D eigenvalue weighted by Gasteiger charge is -2.32. The van der Waals surface area contributed by atoms with Gasteiger partial charge >= 0.3 is 0 Å². The lowest BCUT2D eigenvalue weighted by molar-refractivity contribution is -0.483. The fourth-order valence-electron chi connectivity index (χ4n) is 4.13. The molecule has 0 aliphatic carbocycles. The third-order valence-corrected chi connectivity index (χ3v) is 9.16. The Hall–Kier alpha value is -3.25. The Labute approximate surface area is 183 Å². The Kier molecular flexibility index (Phi) is 7.02. The third-order valence-electron chi connectivity index (χ3n) is 5.84. The maximum absolute atomic E-state index is 14.2. The van der Waals surface area contributed by atoms with Crippen LogP contribution in [0, 0.1) is 10.1 Å². The third kappa shape index (κ3) is 4.91. The van der Waals surface area contributed by atoms with Crippen molar-refractivity contribution in [1.29, 1.82) is 0 Å². The van der Waals surface area contributed by atoms with E-state index in [2.05, 4.69) is 0 Å². The molecule has 3 aromatic rings. The molecule has 6 heteroatoms. The van der Waals surface area contributed by atoms with Crippen molar-refractivity contribution in [2.45, 2.75) is 24.9 Å². The molecule has 3 aromatic carbocycles. The first kappa shape index (κ1) is 22.4. The van der Waals surface area contributed by atoms with Crippen molar-refractivity contribution < 1.29 is 14.5 Å². The molecule has 0 bridgehead atoms. The van der Waals surface area contributed by atoms with Crippen LogP contribution in [0.3, 0.4) is 0 Å². The molecular weight excluding hydrogens is 406 g/mol. The number of carbonyl (C=O) groups excluding carboxylic acids is 1. The van der Waals surface area contributed by atoms with Gasteiger partial charge < -0.3 is 9.53 Å². The zero-order chi connectivity index (χ0) is 22.4. The molecule has 0 N–H and O–H groups in total. The molecule has 5 nitrogen and oxygen atoms in total. The molecule has 0 fully saturated rings. The molecule has 0 saturated carbocycles. The fraction of sp³-hybridized carbons (Fsp3) is 0.240. The van der Waals surface area contributed by atoms with Gasteiger partial charge in [-0.1, -0.05) is 97.1 Å². The van der Waals surface area contributed by atoms with E-state index in [-0.39, 0.29) is 16.9 Å². The summed E-state index contributed by atoms with van der Waals surface area (Å²) in [6.45, 7) is 3.68. The quantitative estimate of drug-likeness (QED) is 0.282. The van der Waals surface area contributed by atoms with Gasteiger partial charge in [-0.15, -0.1) is 0 Å². The van der Waals surface area contributed by atoms with Crippen molar-refractivity contribution in [3.05, 3.63) is 106 Å². The molecule has 0 saturated heterocycles. The van der Waals surface area contributed by atoms with Gasteiger partial charge in [0.05, 0.1) is 18.9 Å². The summed E-state index contributed by atoms with van der Waals surface area (Å²) in [5, 5.41) is 12.8. The lowest BCUT2D eigenvalue weighted by Crippen LogP contribution is -2.53. The maximum Gasteiger partial charge on any atom is 0.211 e. The van der Waals surface area contributed by atoms with E-state index in [0.717, 1.165) is 10.8 Å². The van der Waals surface area contributed by atoms with Crippen LogP contribution in [-0.4, -0.2) is 32.1 Å². The van der Waals surface area contributed by atoms with Crippen LogP contribution in [0.15, 0.2) is 84.9 Å². The molecule has 0 amide bonds. The Morgan fingerprint density at radius 3 is 2.06 bits per heavy atom. The fourth-order valence-corrected chi connectivity index (χ4v) is 6.58. The van der Waals surface area contributed by atoms with E-state index in [4.69, 9.17) is 4.74 Å². The van der Waals surface area contributed by atoms with Gasteiger partial charge in [0.15, 0.2) is 8.07 Å². The summed E-state index contributed by atoms with van der Waals surface area (Å²) >= 11 is 0. The number of methoxy groups -OCH3 is 1. The highest BCUT2D eigenvalue weighted by Gasteiger charge is 2.44. The SMILES string of the molecule is COc1ccccc1[C@H](C[N+](=O)[O-])[C@H](C(=O)[Si](C)(C)c1ccccc1)c1ccccc1. The van der Waals surface area contributed by atoms with Crippen LogP contribution in [0.2, 0.25) is 13.1 Å². The van der Waals surface area contributed by atoms with E-state index < -0.39 is 19.9 Å². The number of benzene rings is 3. The summed E-state index contributed by atoms with van der Waals surface area (Å²) in [5.41, 5.74) is 1.48. The molecule has 0 aliphatic rings. The second-order valence-electron chi connectivity index (χ2n) is 8.11. The van der Waals surface area contributed by atoms with Crippen molar-refractivity contribution >= 4 is 18.7 Å². The summed E-state index contributed by atoms with van der Waals surface area (Å²) in [6.07, 6.45) is 0. The molecular formula is C25H27NO4Si. The van der Waals surface area contributed by atoms with Gasteiger partial charge in [0.1, 0.15) is 11.2 Å². The lowest BCUT2D eigenvalue weighted by atomic mass is 9.81. The normalized spacial score (nSPS) is 13.3. The average molecular weight is 434 g/mol. The van der Waals surface area contributed by atoms with Gasteiger partial charge in [-0.3, -0.25) is 10.1 Å². The highest BCUT2D eigenvalue weighted by Crippen LogP contribution is 2.40.